The number of H-pyrrole nitrogens is 1. The second-order valence-corrected chi connectivity index (χ2v) is 8.42. The Morgan fingerprint density at radius 3 is 2.48 bits per heavy atom. The van der Waals surface area contributed by atoms with Gasteiger partial charge < -0.3 is 4.98 Å². The van der Waals surface area contributed by atoms with Gasteiger partial charge in [0.2, 0.25) is 0 Å². The number of nitrogens with one attached hydrogen (secondary N) is 1. The van der Waals surface area contributed by atoms with E-state index in [2.05, 4.69) is 15.0 Å². The second kappa shape index (κ2) is 7.42. The van der Waals surface area contributed by atoms with Crippen molar-refractivity contribution in [2.45, 2.75) is 17.7 Å². The highest BCUT2D eigenvalue weighted by atomic mass is 32.2. The number of hydrogen-bond acceptors (Lipinski definition) is 6. The van der Waals surface area contributed by atoms with E-state index in [1.165, 1.54) is 23.1 Å². The summed E-state index contributed by atoms with van der Waals surface area (Å²) in [6, 6.07) is 17.7. The monoisotopic (exact) mass is 416 g/mol. The first-order valence-corrected chi connectivity index (χ1v) is 11.0. The van der Waals surface area contributed by atoms with Crippen LogP contribution in [0.2, 0.25) is 0 Å². The molecule has 0 aliphatic rings. The minimum atomic E-state index is -0.105. The summed E-state index contributed by atoms with van der Waals surface area (Å²) >= 11 is 3.03. The minimum Gasteiger partial charge on any atom is -0.309 e. The number of fused-ring (bicyclic) bond motifs is 2. The number of thiophene rings is 1. The topological polar surface area (TPSA) is 71.5 Å². The summed E-state index contributed by atoms with van der Waals surface area (Å²) < 4.78 is 0. The Labute approximate surface area is 174 Å². The molecule has 5 rings (SSSR count). The highest BCUT2D eigenvalue weighted by Gasteiger charge is 2.14. The summed E-state index contributed by atoms with van der Waals surface area (Å²) in [5.74, 6) is 1.17. The quantitative estimate of drug-likeness (QED) is 0.408. The molecule has 7 heteroatoms. The van der Waals surface area contributed by atoms with Gasteiger partial charge in [-0.05, 0) is 24.6 Å². The van der Waals surface area contributed by atoms with Crippen LogP contribution in [0.5, 0.6) is 0 Å². The summed E-state index contributed by atoms with van der Waals surface area (Å²) in [7, 11) is 0. The molecule has 0 bridgehead atoms. The van der Waals surface area contributed by atoms with Gasteiger partial charge in [-0.3, -0.25) is 4.79 Å². The van der Waals surface area contributed by atoms with Crippen molar-refractivity contribution >= 4 is 44.3 Å². The number of para-hydroxylation sites is 2. The SMILES string of the molecule is Cc1nc2ccccc2nc1SCc1nc2scc(-c3ccccc3)c2c(=O)[nH]1. The van der Waals surface area contributed by atoms with Crippen molar-refractivity contribution in [3.8, 4) is 11.1 Å². The maximum atomic E-state index is 12.8. The van der Waals surface area contributed by atoms with Crippen molar-refractivity contribution in [1.82, 2.24) is 19.9 Å². The average Bonchev–Trinajstić information content (AvgIpc) is 3.17. The van der Waals surface area contributed by atoms with Gasteiger partial charge in [-0.25, -0.2) is 15.0 Å². The summed E-state index contributed by atoms with van der Waals surface area (Å²) in [6.07, 6.45) is 0. The van der Waals surface area contributed by atoms with E-state index < -0.39 is 0 Å². The molecule has 0 saturated carbocycles. The molecule has 1 N–H and O–H groups in total. The van der Waals surface area contributed by atoms with Crippen LogP contribution >= 0.6 is 23.1 Å². The Bertz CT molecular complexity index is 1390. The van der Waals surface area contributed by atoms with E-state index in [1.54, 1.807) is 0 Å². The average molecular weight is 417 g/mol. The number of aryl methyl sites for hydroxylation is 1. The first-order valence-electron chi connectivity index (χ1n) is 9.11. The molecular formula is C22H16N4OS2. The van der Waals surface area contributed by atoms with Gasteiger partial charge in [-0.15, -0.1) is 11.3 Å². The number of rotatable bonds is 4. The van der Waals surface area contributed by atoms with E-state index in [1.807, 2.05) is 66.9 Å². The molecule has 29 heavy (non-hydrogen) atoms. The van der Waals surface area contributed by atoms with Crippen LogP contribution in [-0.4, -0.2) is 19.9 Å². The zero-order valence-corrected chi connectivity index (χ0v) is 17.2. The van der Waals surface area contributed by atoms with E-state index in [4.69, 9.17) is 4.98 Å². The van der Waals surface area contributed by atoms with Gasteiger partial charge >= 0.3 is 0 Å². The van der Waals surface area contributed by atoms with Crippen LogP contribution in [0.1, 0.15) is 11.5 Å². The van der Waals surface area contributed by atoms with Crippen molar-refractivity contribution in [3.05, 3.63) is 81.8 Å². The fraction of sp³-hybridized carbons (Fsp3) is 0.0909. The number of aromatic nitrogens is 4. The van der Waals surface area contributed by atoms with Gasteiger partial charge in [0.05, 0.1) is 27.9 Å². The minimum absolute atomic E-state index is 0.105. The zero-order valence-electron chi connectivity index (χ0n) is 15.5. The normalized spacial score (nSPS) is 11.3. The highest BCUT2D eigenvalue weighted by molar-refractivity contribution is 7.98. The summed E-state index contributed by atoms with van der Waals surface area (Å²) in [5.41, 5.74) is 4.47. The smallest absolute Gasteiger partial charge is 0.260 e. The molecule has 3 heterocycles. The van der Waals surface area contributed by atoms with E-state index in [-0.39, 0.29) is 5.56 Å². The number of thioether (sulfide) groups is 1. The molecule has 0 aliphatic carbocycles. The van der Waals surface area contributed by atoms with Gasteiger partial charge in [0.1, 0.15) is 15.7 Å². The molecule has 5 nitrogen and oxygen atoms in total. The lowest BCUT2D eigenvalue weighted by Gasteiger charge is -2.06. The van der Waals surface area contributed by atoms with Crippen LogP contribution in [0, 0.1) is 6.92 Å². The molecule has 0 fully saturated rings. The Morgan fingerprint density at radius 1 is 0.966 bits per heavy atom. The third-order valence-corrected chi connectivity index (χ3v) is 6.57. The van der Waals surface area contributed by atoms with Crippen LogP contribution < -0.4 is 5.56 Å². The van der Waals surface area contributed by atoms with E-state index in [9.17, 15) is 4.79 Å². The van der Waals surface area contributed by atoms with Crippen LogP contribution in [0.15, 0.2) is 69.8 Å². The maximum absolute atomic E-state index is 12.8. The third-order valence-electron chi connectivity index (χ3n) is 4.62. The molecule has 0 atom stereocenters. The number of aromatic amines is 1. The first kappa shape index (κ1) is 18.0. The number of benzene rings is 2. The lowest BCUT2D eigenvalue weighted by Crippen LogP contribution is -2.10. The van der Waals surface area contributed by atoms with Gasteiger partial charge in [0.25, 0.3) is 5.56 Å². The van der Waals surface area contributed by atoms with Crippen LogP contribution in [-0.2, 0) is 5.75 Å². The van der Waals surface area contributed by atoms with Gasteiger partial charge in [-0.2, -0.15) is 0 Å². The third kappa shape index (κ3) is 3.43. The molecule has 2 aromatic carbocycles. The highest BCUT2D eigenvalue weighted by Crippen LogP contribution is 2.31. The van der Waals surface area contributed by atoms with Gasteiger partial charge in [0.15, 0.2) is 0 Å². The van der Waals surface area contributed by atoms with Gasteiger partial charge in [-0.1, -0.05) is 54.2 Å². The maximum Gasteiger partial charge on any atom is 0.260 e. The van der Waals surface area contributed by atoms with E-state index in [0.717, 1.165) is 37.7 Å². The Balaban J connectivity index is 1.46. The largest absolute Gasteiger partial charge is 0.309 e. The number of hydrogen-bond donors (Lipinski definition) is 1. The van der Waals surface area contributed by atoms with E-state index >= 15 is 0 Å². The summed E-state index contributed by atoms with van der Waals surface area (Å²) in [6.45, 7) is 1.95. The summed E-state index contributed by atoms with van der Waals surface area (Å²) in [4.78, 5) is 30.5. The van der Waals surface area contributed by atoms with E-state index in [0.29, 0.717) is 17.0 Å². The Morgan fingerprint density at radius 2 is 1.69 bits per heavy atom. The van der Waals surface area contributed by atoms with Crippen molar-refractivity contribution in [3.63, 3.8) is 0 Å². The molecule has 0 saturated heterocycles. The lowest BCUT2D eigenvalue weighted by molar-refractivity contribution is 1.02. The molecule has 0 spiro atoms. The zero-order chi connectivity index (χ0) is 19.8. The predicted octanol–water partition coefficient (Wildman–Crippen LogP) is 5.20. The second-order valence-electron chi connectivity index (χ2n) is 6.60. The predicted molar refractivity (Wildman–Crippen MR) is 120 cm³/mol. The Hall–Kier alpha value is -3.03. The summed E-state index contributed by atoms with van der Waals surface area (Å²) in [5, 5.41) is 3.50. The lowest BCUT2D eigenvalue weighted by atomic mass is 10.1. The van der Waals surface area contributed by atoms with Crippen molar-refractivity contribution < 1.29 is 0 Å². The van der Waals surface area contributed by atoms with Crippen molar-refractivity contribution in [2.24, 2.45) is 0 Å². The van der Waals surface area contributed by atoms with Crippen LogP contribution in [0.4, 0.5) is 0 Å². The first-order chi connectivity index (χ1) is 14.2. The number of nitrogens with zero attached hydrogens (tertiary/aromatic N) is 3. The molecule has 0 aliphatic heterocycles. The van der Waals surface area contributed by atoms with Crippen LogP contribution in [0.25, 0.3) is 32.4 Å². The van der Waals surface area contributed by atoms with Crippen molar-refractivity contribution in [1.29, 1.82) is 0 Å². The molecule has 0 radical (unpaired) electrons. The molecule has 3 aromatic heterocycles. The van der Waals surface area contributed by atoms with Crippen LogP contribution in [0.3, 0.4) is 0 Å². The standard InChI is InChI=1S/C22H16N4OS2/c1-13-21(24-17-10-6-5-9-16(17)23-13)29-12-18-25-20(27)19-15(11-28-22(19)26-18)14-7-3-2-4-8-14/h2-11H,12H2,1H3,(H,25,26,27). The molecular weight excluding hydrogens is 400 g/mol. The fourth-order valence-electron chi connectivity index (χ4n) is 3.24. The van der Waals surface area contributed by atoms with Crippen molar-refractivity contribution in [2.75, 3.05) is 0 Å². The Kier molecular flexibility index (Phi) is 4.61. The molecule has 0 amide bonds. The molecule has 5 aromatic rings. The fourth-order valence-corrected chi connectivity index (χ4v) is 5.03. The molecule has 0 unspecified atom stereocenters. The molecule has 142 valence electrons. The van der Waals surface area contributed by atoms with Gasteiger partial charge in [0, 0.05) is 10.9 Å².